The molecule has 0 saturated heterocycles. The fourth-order valence-corrected chi connectivity index (χ4v) is 2.58. The van der Waals surface area contributed by atoms with Gasteiger partial charge < -0.3 is 5.73 Å². The van der Waals surface area contributed by atoms with E-state index in [1.165, 1.54) is 57.8 Å². The number of aromatic nitrogens is 3. The fraction of sp³-hybridized carbons (Fsp3) is 0.875. The van der Waals surface area contributed by atoms with Gasteiger partial charge in [-0.1, -0.05) is 69.9 Å². The molecule has 1 aromatic heterocycles. The third kappa shape index (κ3) is 8.31. The first-order chi connectivity index (χ1) is 9.72. The minimum Gasteiger partial charge on any atom is -0.327 e. The second-order valence-corrected chi connectivity index (χ2v) is 5.96. The van der Waals surface area contributed by atoms with Gasteiger partial charge in [-0.3, -0.25) is 4.68 Å². The lowest BCUT2D eigenvalue weighted by atomic mass is 10.0. The molecule has 0 saturated carbocycles. The number of hydrogen-bond acceptors (Lipinski definition) is 3. The van der Waals surface area contributed by atoms with Crippen LogP contribution in [-0.4, -0.2) is 21.0 Å². The van der Waals surface area contributed by atoms with Crippen molar-refractivity contribution in [1.29, 1.82) is 0 Å². The molecule has 0 spiro atoms. The first-order valence-corrected chi connectivity index (χ1v) is 8.33. The lowest BCUT2D eigenvalue weighted by Crippen LogP contribution is -2.22. The van der Waals surface area contributed by atoms with Crippen LogP contribution in [0.1, 0.15) is 76.8 Å². The summed E-state index contributed by atoms with van der Waals surface area (Å²) in [6.07, 6.45) is 16.2. The lowest BCUT2D eigenvalue weighted by molar-refractivity contribution is 0.519. The normalized spacial score (nSPS) is 12.8. The van der Waals surface area contributed by atoms with Gasteiger partial charge in [0.1, 0.15) is 0 Å². The minimum absolute atomic E-state index is 0.233. The third-order valence-electron chi connectivity index (χ3n) is 3.80. The van der Waals surface area contributed by atoms with Crippen LogP contribution < -0.4 is 5.73 Å². The monoisotopic (exact) mass is 280 g/mol. The van der Waals surface area contributed by atoms with E-state index in [0.717, 1.165) is 18.5 Å². The molecule has 20 heavy (non-hydrogen) atoms. The Morgan fingerprint density at radius 3 is 2.20 bits per heavy atom. The van der Waals surface area contributed by atoms with Crippen LogP contribution in [0.25, 0.3) is 0 Å². The maximum absolute atomic E-state index is 6.13. The summed E-state index contributed by atoms with van der Waals surface area (Å²) in [6.45, 7) is 2.27. The van der Waals surface area contributed by atoms with Gasteiger partial charge in [-0.25, -0.2) is 0 Å². The number of nitrogens with two attached hydrogens (primary N) is 1. The van der Waals surface area contributed by atoms with E-state index in [4.69, 9.17) is 5.73 Å². The van der Waals surface area contributed by atoms with E-state index < -0.39 is 0 Å². The zero-order valence-corrected chi connectivity index (χ0v) is 13.4. The Labute approximate surface area is 124 Å². The number of nitrogens with zero attached hydrogens (tertiary/aromatic N) is 3. The van der Waals surface area contributed by atoms with E-state index in [9.17, 15) is 0 Å². The second-order valence-electron chi connectivity index (χ2n) is 5.96. The molecule has 4 nitrogen and oxygen atoms in total. The molecular formula is C16H32N4. The number of aryl methyl sites for hydroxylation is 1. The minimum atomic E-state index is 0.233. The molecule has 116 valence electrons. The zero-order valence-electron chi connectivity index (χ0n) is 13.4. The first-order valence-electron chi connectivity index (χ1n) is 8.33. The SMILES string of the molecule is CCCCCCCCCCCC(N)Cc1cn(C)nn1. The van der Waals surface area contributed by atoms with Gasteiger partial charge in [0.25, 0.3) is 0 Å². The molecule has 1 rings (SSSR count). The standard InChI is InChI=1S/C16H32N4/c1-3-4-5-6-7-8-9-10-11-12-15(17)13-16-14-20(2)19-18-16/h14-15H,3-13,17H2,1-2H3. The maximum Gasteiger partial charge on any atom is 0.0842 e. The Morgan fingerprint density at radius 2 is 1.65 bits per heavy atom. The average molecular weight is 280 g/mol. The summed E-state index contributed by atoms with van der Waals surface area (Å²) in [6, 6.07) is 0.233. The van der Waals surface area contributed by atoms with Crippen molar-refractivity contribution in [3.63, 3.8) is 0 Å². The quantitative estimate of drug-likeness (QED) is 0.595. The molecule has 0 aromatic carbocycles. The fourth-order valence-electron chi connectivity index (χ4n) is 2.58. The van der Waals surface area contributed by atoms with Crippen molar-refractivity contribution in [1.82, 2.24) is 15.0 Å². The predicted octanol–water partition coefficient (Wildman–Crippen LogP) is 3.61. The Morgan fingerprint density at radius 1 is 1.05 bits per heavy atom. The van der Waals surface area contributed by atoms with Crippen molar-refractivity contribution < 1.29 is 0 Å². The van der Waals surface area contributed by atoms with Gasteiger partial charge in [0, 0.05) is 25.7 Å². The summed E-state index contributed by atoms with van der Waals surface area (Å²) in [7, 11) is 1.89. The Bertz CT molecular complexity index is 335. The van der Waals surface area contributed by atoms with Crippen LogP contribution in [0.5, 0.6) is 0 Å². The predicted molar refractivity (Wildman–Crippen MR) is 84.5 cm³/mol. The van der Waals surface area contributed by atoms with E-state index in [1.54, 1.807) is 4.68 Å². The number of rotatable bonds is 12. The topological polar surface area (TPSA) is 56.7 Å². The van der Waals surface area contributed by atoms with Crippen LogP contribution in [-0.2, 0) is 13.5 Å². The molecule has 1 heterocycles. The van der Waals surface area contributed by atoms with Gasteiger partial charge in [0.2, 0.25) is 0 Å². The largest absolute Gasteiger partial charge is 0.327 e. The molecule has 0 aliphatic rings. The van der Waals surface area contributed by atoms with E-state index in [2.05, 4.69) is 17.2 Å². The van der Waals surface area contributed by atoms with Crippen LogP contribution in [0.3, 0.4) is 0 Å². The van der Waals surface area contributed by atoms with Crippen molar-refractivity contribution >= 4 is 0 Å². The van der Waals surface area contributed by atoms with E-state index in [0.29, 0.717) is 0 Å². The highest BCUT2D eigenvalue weighted by atomic mass is 15.4. The average Bonchev–Trinajstić information content (AvgIpc) is 2.82. The summed E-state index contributed by atoms with van der Waals surface area (Å²) in [5.41, 5.74) is 7.14. The van der Waals surface area contributed by atoms with E-state index in [-0.39, 0.29) is 6.04 Å². The third-order valence-corrected chi connectivity index (χ3v) is 3.80. The summed E-state index contributed by atoms with van der Waals surface area (Å²) >= 11 is 0. The molecule has 1 aromatic rings. The maximum atomic E-state index is 6.13. The molecule has 1 unspecified atom stereocenters. The summed E-state index contributed by atoms with van der Waals surface area (Å²) in [5, 5.41) is 8.01. The number of hydrogen-bond donors (Lipinski definition) is 1. The van der Waals surface area contributed by atoms with Crippen molar-refractivity contribution in [3.05, 3.63) is 11.9 Å². The van der Waals surface area contributed by atoms with Gasteiger partial charge in [0.15, 0.2) is 0 Å². The van der Waals surface area contributed by atoms with Gasteiger partial charge >= 0.3 is 0 Å². The molecular weight excluding hydrogens is 248 g/mol. The second kappa shape index (κ2) is 10.8. The van der Waals surface area contributed by atoms with Crippen molar-refractivity contribution in [2.75, 3.05) is 0 Å². The van der Waals surface area contributed by atoms with Gasteiger partial charge in [-0.2, -0.15) is 0 Å². The Kier molecular flexibility index (Phi) is 9.29. The highest BCUT2D eigenvalue weighted by Crippen LogP contribution is 2.11. The van der Waals surface area contributed by atoms with Crippen LogP contribution >= 0.6 is 0 Å². The molecule has 2 N–H and O–H groups in total. The summed E-state index contributed by atoms with van der Waals surface area (Å²) in [4.78, 5) is 0. The van der Waals surface area contributed by atoms with Crippen molar-refractivity contribution in [3.8, 4) is 0 Å². The van der Waals surface area contributed by atoms with Crippen LogP contribution in [0.15, 0.2) is 6.20 Å². The van der Waals surface area contributed by atoms with E-state index >= 15 is 0 Å². The van der Waals surface area contributed by atoms with Crippen molar-refractivity contribution in [2.24, 2.45) is 12.8 Å². The highest BCUT2D eigenvalue weighted by Gasteiger charge is 2.06. The molecule has 0 fully saturated rings. The number of unbranched alkanes of at least 4 members (excludes halogenated alkanes) is 8. The molecule has 0 aliphatic heterocycles. The van der Waals surface area contributed by atoms with Crippen LogP contribution in [0.2, 0.25) is 0 Å². The molecule has 1 atom stereocenters. The Balaban J connectivity index is 1.90. The molecule has 0 aliphatic carbocycles. The Hall–Kier alpha value is -0.900. The van der Waals surface area contributed by atoms with Crippen molar-refractivity contribution in [2.45, 2.75) is 83.6 Å². The summed E-state index contributed by atoms with van der Waals surface area (Å²) < 4.78 is 1.74. The molecule has 0 radical (unpaired) electrons. The smallest absolute Gasteiger partial charge is 0.0842 e. The molecule has 4 heteroatoms. The van der Waals surface area contributed by atoms with Gasteiger partial charge in [-0.05, 0) is 6.42 Å². The lowest BCUT2D eigenvalue weighted by Gasteiger charge is -2.09. The van der Waals surface area contributed by atoms with Gasteiger partial charge in [-0.15, -0.1) is 5.10 Å². The highest BCUT2D eigenvalue weighted by molar-refractivity contribution is 4.94. The zero-order chi connectivity index (χ0) is 14.6. The molecule has 0 bridgehead atoms. The van der Waals surface area contributed by atoms with Crippen LogP contribution in [0.4, 0.5) is 0 Å². The van der Waals surface area contributed by atoms with Crippen LogP contribution in [0, 0.1) is 0 Å². The van der Waals surface area contributed by atoms with Gasteiger partial charge in [0.05, 0.1) is 5.69 Å². The first kappa shape index (κ1) is 17.2. The van der Waals surface area contributed by atoms with E-state index in [1.807, 2.05) is 13.2 Å². The molecule has 0 amide bonds. The summed E-state index contributed by atoms with van der Waals surface area (Å²) in [5.74, 6) is 0.